The van der Waals surface area contributed by atoms with Crippen LogP contribution in [0.5, 0.6) is 0 Å². The number of hydrogen-bond donors (Lipinski definition) is 1. The summed E-state index contributed by atoms with van der Waals surface area (Å²) in [4.78, 5) is 24.6. The van der Waals surface area contributed by atoms with E-state index in [1.807, 2.05) is 6.92 Å². The average Bonchev–Trinajstić information content (AvgIpc) is 2.66. The van der Waals surface area contributed by atoms with Crippen molar-refractivity contribution in [1.82, 2.24) is 10.2 Å². The molecule has 0 radical (unpaired) electrons. The standard InChI is InChI=1S/C10H16N2O3/c1-2-3-15-7-4-8-10(14)11-5-9(13)12(8)6-7/h7-8H,2-6H2,1H3,(H,11,14)/t7-,8+/m1/s1. The Bertz CT molecular complexity index is 256. The summed E-state index contributed by atoms with van der Waals surface area (Å²) in [5.74, 6) is -0.0422. The molecule has 0 aliphatic carbocycles. The number of hydrogen-bond acceptors (Lipinski definition) is 3. The van der Waals surface area contributed by atoms with E-state index in [4.69, 9.17) is 4.74 Å². The Labute approximate surface area is 88.8 Å². The minimum atomic E-state index is -0.298. The van der Waals surface area contributed by atoms with Crippen molar-refractivity contribution in [2.45, 2.75) is 31.9 Å². The molecular weight excluding hydrogens is 196 g/mol. The maximum absolute atomic E-state index is 11.5. The second-order valence-corrected chi connectivity index (χ2v) is 4.01. The van der Waals surface area contributed by atoms with Crippen LogP contribution in [-0.4, -0.2) is 48.6 Å². The Hall–Kier alpha value is -1.10. The molecule has 2 amide bonds. The Morgan fingerprint density at radius 3 is 3.00 bits per heavy atom. The van der Waals surface area contributed by atoms with Crippen LogP contribution in [0.25, 0.3) is 0 Å². The quantitative estimate of drug-likeness (QED) is 0.687. The van der Waals surface area contributed by atoms with Gasteiger partial charge < -0.3 is 15.0 Å². The number of nitrogens with one attached hydrogen (secondary N) is 1. The highest BCUT2D eigenvalue weighted by atomic mass is 16.5. The molecule has 2 saturated heterocycles. The molecule has 0 spiro atoms. The molecule has 2 aliphatic rings. The molecular formula is C10H16N2O3. The zero-order valence-electron chi connectivity index (χ0n) is 8.86. The Balaban J connectivity index is 1.97. The molecule has 0 aromatic heterocycles. The SMILES string of the molecule is CCCO[C@@H]1C[C@H]2C(=O)NCC(=O)N2C1. The number of piperazine rings is 1. The molecule has 5 nitrogen and oxygen atoms in total. The van der Waals surface area contributed by atoms with Crippen LogP contribution in [0.4, 0.5) is 0 Å². The van der Waals surface area contributed by atoms with Gasteiger partial charge in [-0.2, -0.15) is 0 Å². The summed E-state index contributed by atoms with van der Waals surface area (Å²) in [6, 6.07) is -0.298. The number of carbonyl (C=O) groups is 2. The Kier molecular flexibility index (Phi) is 2.90. The van der Waals surface area contributed by atoms with Crippen LogP contribution in [0, 0.1) is 0 Å². The topological polar surface area (TPSA) is 58.6 Å². The smallest absolute Gasteiger partial charge is 0.243 e. The number of fused-ring (bicyclic) bond motifs is 1. The molecule has 2 aliphatic heterocycles. The molecule has 0 saturated carbocycles. The lowest BCUT2D eigenvalue weighted by Gasteiger charge is -2.28. The first kappa shape index (κ1) is 10.4. The van der Waals surface area contributed by atoms with E-state index in [1.54, 1.807) is 4.90 Å². The maximum atomic E-state index is 11.5. The van der Waals surface area contributed by atoms with Gasteiger partial charge in [-0.15, -0.1) is 0 Å². The highest BCUT2D eigenvalue weighted by Gasteiger charge is 2.42. The molecule has 2 rings (SSSR count). The lowest BCUT2D eigenvalue weighted by atomic mass is 10.1. The van der Waals surface area contributed by atoms with E-state index in [-0.39, 0.29) is 30.5 Å². The number of nitrogens with zero attached hydrogens (tertiary/aromatic N) is 1. The van der Waals surface area contributed by atoms with E-state index in [1.165, 1.54) is 0 Å². The zero-order valence-corrected chi connectivity index (χ0v) is 8.86. The van der Waals surface area contributed by atoms with Gasteiger partial charge in [-0.1, -0.05) is 6.92 Å². The molecule has 15 heavy (non-hydrogen) atoms. The molecule has 84 valence electrons. The fourth-order valence-corrected chi connectivity index (χ4v) is 2.11. The summed E-state index contributed by atoms with van der Waals surface area (Å²) in [5, 5.41) is 2.59. The Morgan fingerprint density at radius 2 is 2.33 bits per heavy atom. The highest BCUT2D eigenvalue weighted by Crippen LogP contribution is 2.22. The third kappa shape index (κ3) is 1.97. The maximum Gasteiger partial charge on any atom is 0.243 e. The van der Waals surface area contributed by atoms with Gasteiger partial charge in [0.1, 0.15) is 6.04 Å². The molecule has 0 aromatic rings. The summed E-state index contributed by atoms with van der Waals surface area (Å²) >= 11 is 0. The summed E-state index contributed by atoms with van der Waals surface area (Å²) in [6.07, 6.45) is 1.63. The van der Waals surface area contributed by atoms with E-state index in [2.05, 4.69) is 5.32 Å². The molecule has 2 atom stereocenters. The summed E-state index contributed by atoms with van der Waals surface area (Å²) in [5.41, 5.74) is 0. The zero-order chi connectivity index (χ0) is 10.8. The van der Waals surface area contributed by atoms with Crippen LogP contribution in [0.3, 0.4) is 0 Å². The number of ether oxygens (including phenoxy) is 1. The predicted molar refractivity (Wildman–Crippen MR) is 53.2 cm³/mol. The van der Waals surface area contributed by atoms with Gasteiger partial charge in [-0.25, -0.2) is 0 Å². The average molecular weight is 212 g/mol. The number of carbonyl (C=O) groups excluding carboxylic acids is 2. The van der Waals surface area contributed by atoms with E-state index in [0.29, 0.717) is 19.6 Å². The van der Waals surface area contributed by atoms with Gasteiger partial charge in [0.25, 0.3) is 0 Å². The second-order valence-electron chi connectivity index (χ2n) is 4.01. The van der Waals surface area contributed by atoms with Crippen LogP contribution in [-0.2, 0) is 14.3 Å². The van der Waals surface area contributed by atoms with Crippen LogP contribution < -0.4 is 5.32 Å². The van der Waals surface area contributed by atoms with Crippen LogP contribution >= 0.6 is 0 Å². The molecule has 2 heterocycles. The van der Waals surface area contributed by atoms with Crippen LogP contribution in [0.2, 0.25) is 0 Å². The lowest BCUT2D eigenvalue weighted by molar-refractivity contribution is -0.143. The van der Waals surface area contributed by atoms with Crippen molar-refractivity contribution in [3.8, 4) is 0 Å². The van der Waals surface area contributed by atoms with Crippen molar-refractivity contribution in [1.29, 1.82) is 0 Å². The molecule has 0 unspecified atom stereocenters. The molecule has 0 bridgehead atoms. The van der Waals surface area contributed by atoms with Gasteiger partial charge in [-0.05, 0) is 6.42 Å². The van der Waals surface area contributed by atoms with Crippen molar-refractivity contribution in [2.24, 2.45) is 0 Å². The third-order valence-corrected chi connectivity index (χ3v) is 2.86. The summed E-state index contributed by atoms with van der Waals surface area (Å²) in [6.45, 7) is 3.44. The fraction of sp³-hybridized carbons (Fsp3) is 0.800. The van der Waals surface area contributed by atoms with Gasteiger partial charge in [0.05, 0.1) is 12.6 Å². The van der Waals surface area contributed by atoms with Crippen LogP contribution in [0.1, 0.15) is 19.8 Å². The third-order valence-electron chi connectivity index (χ3n) is 2.86. The van der Waals surface area contributed by atoms with Gasteiger partial charge in [-0.3, -0.25) is 9.59 Å². The van der Waals surface area contributed by atoms with Crippen molar-refractivity contribution in [2.75, 3.05) is 19.7 Å². The fourth-order valence-electron chi connectivity index (χ4n) is 2.11. The normalized spacial score (nSPS) is 30.3. The van der Waals surface area contributed by atoms with E-state index in [9.17, 15) is 9.59 Å². The summed E-state index contributed by atoms with van der Waals surface area (Å²) in [7, 11) is 0. The van der Waals surface area contributed by atoms with Crippen molar-refractivity contribution >= 4 is 11.8 Å². The first-order valence-electron chi connectivity index (χ1n) is 5.41. The minimum absolute atomic E-state index is 0.00204. The molecule has 1 N–H and O–H groups in total. The monoisotopic (exact) mass is 212 g/mol. The second kappa shape index (κ2) is 4.18. The minimum Gasteiger partial charge on any atom is -0.376 e. The first-order valence-corrected chi connectivity index (χ1v) is 5.41. The van der Waals surface area contributed by atoms with E-state index < -0.39 is 0 Å². The highest BCUT2D eigenvalue weighted by molar-refractivity contribution is 5.95. The van der Waals surface area contributed by atoms with Gasteiger partial charge in [0, 0.05) is 19.6 Å². The predicted octanol–water partition coefficient (Wildman–Crippen LogP) is -0.488. The lowest BCUT2D eigenvalue weighted by Crippen LogP contribution is -2.55. The molecule has 0 aromatic carbocycles. The largest absolute Gasteiger partial charge is 0.376 e. The van der Waals surface area contributed by atoms with Gasteiger partial charge >= 0.3 is 0 Å². The Morgan fingerprint density at radius 1 is 1.53 bits per heavy atom. The van der Waals surface area contributed by atoms with E-state index in [0.717, 1.165) is 6.42 Å². The van der Waals surface area contributed by atoms with E-state index >= 15 is 0 Å². The molecule has 5 heteroatoms. The van der Waals surface area contributed by atoms with Crippen molar-refractivity contribution in [3.63, 3.8) is 0 Å². The summed E-state index contributed by atoms with van der Waals surface area (Å²) < 4.78 is 5.57. The first-order chi connectivity index (χ1) is 7.22. The van der Waals surface area contributed by atoms with Gasteiger partial charge in [0.15, 0.2) is 0 Å². The van der Waals surface area contributed by atoms with Crippen LogP contribution in [0.15, 0.2) is 0 Å². The van der Waals surface area contributed by atoms with Crippen molar-refractivity contribution < 1.29 is 14.3 Å². The number of rotatable bonds is 3. The molecule has 2 fully saturated rings. The number of amides is 2. The van der Waals surface area contributed by atoms with Gasteiger partial charge in [0.2, 0.25) is 11.8 Å². The van der Waals surface area contributed by atoms with Crippen molar-refractivity contribution in [3.05, 3.63) is 0 Å².